The number of carbonyl (C=O) groups excluding carboxylic acids is 1. The van der Waals surface area contributed by atoms with E-state index in [2.05, 4.69) is 10.2 Å². The molecule has 0 spiro atoms. The first kappa shape index (κ1) is 16.6. The number of likely N-dealkylation sites (tertiary alicyclic amines) is 1. The van der Waals surface area contributed by atoms with Crippen LogP contribution in [0.3, 0.4) is 0 Å². The van der Waals surface area contributed by atoms with Crippen LogP contribution in [0.1, 0.15) is 26.2 Å². The predicted octanol–water partition coefficient (Wildman–Crippen LogP) is 3.17. The van der Waals surface area contributed by atoms with Crippen LogP contribution in [0, 0.1) is 0 Å². The van der Waals surface area contributed by atoms with E-state index in [0.29, 0.717) is 28.7 Å². The van der Waals surface area contributed by atoms with Crippen LogP contribution in [0.2, 0.25) is 10.0 Å². The van der Waals surface area contributed by atoms with Crippen molar-refractivity contribution in [3.8, 4) is 0 Å². The van der Waals surface area contributed by atoms with Crippen molar-refractivity contribution in [2.24, 2.45) is 0 Å². The van der Waals surface area contributed by atoms with Crippen LogP contribution in [0.15, 0.2) is 18.2 Å². The first-order chi connectivity index (χ1) is 9.95. The Morgan fingerprint density at radius 1 is 1.52 bits per heavy atom. The molecule has 2 N–H and O–H groups in total. The highest BCUT2D eigenvalue weighted by Gasteiger charge is 2.27. The summed E-state index contributed by atoms with van der Waals surface area (Å²) < 4.78 is 0. The van der Waals surface area contributed by atoms with Crippen LogP contribution in [0.5, 0.6) is 0 Å². The Balaban J connectivity index is 1.93. The Morgan fingerprint density at radius 2 is 2.29 bits per heavy atom. The normalized spacial score (nSPS) is 20.5. The summed E-state index contributed by atoms with van der Waals surface area (Å²) in [6.07, 6.45) is 2.44. The summed E-state index contributed by atoms with van der Waals surface area (Å²) in [5.74, 6) is -0.114. The zero-order valence-corrected chi connectivity index (χ0v) is 13.5. The maximum Gasteiger partial charge on any atom is 0.238 e. The first-order valence-corrected chi connectivity index (χ1v) is 7.88. The van der Waals surface area contributed by atoms with Gasteiger partial charge < -0.3 is 10.4 Å². The third kappa shape index (κ3) is 4.85. The molecule has 0 bridgehead atoms. The number of aliphatic hydroxyl groups is 1. The van der Waals surface area contributed by atoms with Gasteiger partial charge in [-0.3, -0.25) is 9.69 Å². The molecule has 1 fully saturated rings. The fourth-order valence-electron chi connectivity index (χ4n) is 2.73. The topological polar surface area (TPSA) is 52.6 Å². The van der Waals surface area contributed by atoms with Crippen LogP contribution >= 0.6 is 23.2 Å². The van der Waals surface area contributed by atoms with Crippen molar-refractivity contribution in [1.29, 1.82) is 0 Å². The molecule has 1 amide bonds. The Hall–Kier alpha value is -0.810. The first-order valence-electron chi connectivity index (χ1n) is 7.12. The van der Waals surface area contributed by atoms with E-state index in [1.54, 1.807) is 25.1 Å². The standard InChI is InChI=1S/C15H20Cl2N2O2/c1-10(20)7-12-3-2-6-19(12)9-15(21)18-14-8-11(16)4-5-13(14)17/h4-5,8,10,12,20H,2-3,6-7,9H2,1H3,(H,18,21). The second-order valence-corrected chi connectivity index (χ2v) is 6.37. The number of anilines is 1. The lowest BCUT2D eigenvalue weighted by Crippen LogP contribution is -2.38. The van der Waals surface area contributed by atoms with Gasteiger partial charge in [-0.05, 0) is 50.9 Å². The van der Waals surface area contributed by atoms with Crippen LogP contribution in [-0.4, -0.2) is 41.1 Å². The number of benzene rings is 1. The number of nitrogens with one attached hydrogen (secondary N) is 1. The highest BCUT2D eigenvalue weighted by molar-refractivity contribution is 6.35. The van der Waals surface area contributed by atoms with Crippen molar-refractivity contribution < 1.29 is 9.90 Å². The zero-order valence-electron chi connectivity index (χ0n) is 12.0. The molecular weight excluding hydrogens is 311 g/mol. The summed E-state index contributed by atoms with van der Waals surface area (Å²) >= 11 is 11.9. The van der Waals surface area contributed by atoms with E-state index in [4.69, 9.17) is 23.2 Å². The molecule has 116 valence electrons. The molecule has 2 rings (SSSR count). The van der Waals surface area contributed by atoms with Crippen LogP contribution in [-0.2, 0) is 4.79 Å². The summed E-state index contributed by atoms with van der Waals surface area (Å²) in [5, 5.41) is 13.3. The average molecular weight is 331 g/mol. The maximum atomic E-state index is 12.1. The van der Waals surface area contributed by atoms with Gasteiger partial charge in [-0.15, -0.1) is 0 Å². The number of nitrogens with zero attached hydrogens (tertiary/aromatic N) is 1. The molecule has 1 aliphatic rings. The number of aliphatic hydroxyl groups excluding tert-OH is 1. The molecule has 6 heteroatoms. The summed E-state index contributed by atoms with van der Waals surface area (Å²) in [7, 11) is 0. The molecular formula is C15H20Cl2N2O2. The quantitative estimate of drug-likeness (QED) is 0.871. The number of amides is 1. The van der Waals surface area contributed by atoms with Crippen LogP contribution < -0.4 is 5.32 Å². The number of carbonyl (C=O) groups is 1. The van der Waals surface area contributed by atoms with Gasteiger partial charge in [0.05, 0.1) is 23.4 Å². The van der Waals surface area contributed by atoms with Crippen molar-refractivity contribution in [3.05, 3.63) is 28.2 Å². The fraction of sp³-hybridized carbons (Fsp3) is 0.533. The molecule has 0 saturated carbocycles. The number of hydrogen-bond acceptors (Lipinski definition) is 3. The summed E-state index contributed by atoms with van der Waals surface area (Å²) in [5.41, 5.74) is 0.528. The number of halogens is 2. The van der Waals surface area contributed by atoms with Gasteiger partial charge in [0.15, 0.2) is 0 Å². The van der Waals surface area contributed by atoms with E-state index in [1.165, 1.54) is 0 Å². The van der Waals surface area contributed by atoms with E-state index in [1.807, 2.05) is 0 Å². The lowest BCUT2D eigenvalue weighted by atomic mass is 10.1. The number of rotatable bonds is 5. The van der Waals surface area contributed by atoms with Gasteiger partial charge in [0, 0.05) is 11.1 Å². The highest BCUT2D eigenvalue weighted by atomic mass is 35.5. The molecule has 0 aromatic heterocycles. The van der Waals surface area contributed by atoms with Gasteiger partial charge >= 0.3 is 0 Å². The van der Waals surface area contributed by atoms with Crippen LogP contribution in [0.4, 0.5) is 5.69 Å². The summed E-state index contributed by atoms with van der Waals surface area (Å²) in [6, 6.07) is 5.24. The van der Waals surface area contributed by atoms with E-state index in [-0.39, 0.29) is 18.1 Å². The van der Waals surface area contributed by atoms with Gasteiger partial charge in [0.1, 0.15) is 0 Å². The van der Waals surface area contributed by atoms with Gasteiger partial charge in [0.2, 0.25) is 5.91 Å². The Kier molecular flexibility index (Phi) is 5.88. The van der Waals surface area contributed by atoms with E-state index < -0.39 is 0 Å². The molecule has 1 aromatic rings. The molecule has 1 heterocycles. The fourth-order valence-corrected chi connectivity index (χ4v) is 3.07. The smallest absolute Gasteiger partial charge is 0.238 e. The third-order valence-electron chi connectivity index (χ3n) is 3.66. The van der Waals surface area contributed by atoms with Crippen molar-refractivity contribution in [1.82, 2.24) is 4.90 Å². The minimum absolute atomic E-state index is 0.114. The molecule has 1 saturated heterocycles. The highest BCUT2D eigenvalue weighted by Crippen LogP contribution is 2.26. The largest absolute Gasteiger partial charge is 0.393 e. The van der Waals surface area contributed by atoms with Crippen LogP contribution in [0.25, 0.3) is 0 Å². The van der Waals surface area contributed by atoms with E-state index >= 15 is 0 Å². The molecule has 2 unspecified atom stereocenters. The minimum atomic E-state index is -0.346. The Bertz CT molecular complexity index is 508. The molecule has 0 aliphatic carbocycles. The van der Waals surface area contributed by atoms with Crippen molar-refractivity contribution in [2.45, 2.75) is 38.3 Å². The summed E-state index contributed by atoms with van der Waals surface area (Å²) in [6.45, 7) is 2.97. The minimum Gasteiger partial charge on any atom is -0.393 e. The Morgan fingerprint density at radius 3 is 3.00 bits per heavy atom. The average Bonchev–Trinajstić information content (AvgIpc) is 2.80. The second-order valence-electron chi connectivity index (χ2n) is 5.52. The molecule has 1 aromatic carbocycles. The summed E-state index contributed by atoms with van der Waals surface area (Å²) in [4.78, 5) is 14.3. The van der Waals surface area contributed by atoms with E-state index in [0.717, 1.165) is 19.4 Å². The lowest BCUT2D eigenvalue weighted by molar-refractivity contribution is -0.117. The van der Waals surface area contributed by atoms with Gasteiger partial charge in [0.25, 0.3) is 0 Å². The second kappa shape index (κ2) is 7.45. The van der Waals surface area contributed by atoms with Gasteiger partial charge in [-0.25, -0.2) is 0 Å². The Labute approximate surface area is 135 Å². The van der Waals surface area contributed by atoms with Gasteiger partial charge in [-0.2, -0.15) is 0 Å². The lowest BCUT2D eigenvalue weighted by Gasteiger charge is -2.24. The molecule has 2 atom stereocenters. The maximum absolute atomic E-state index is 12.1. The third-order valence-corrected chi connectivity index (χ3v) is 4.23. The molecule has 4 nitrogen and oxygen atoms in total. The van der Waals surface area contributed by atoms with Crippen molar-refractivity contribution in [2.75, 3.05) is 18.4 Å². The molecule has 0 radical (unpaired) electrons. The SMILES string of the molecule is CC(O)CC1CCCN1CC(=O)Nc1cc(Cl)ccc1Cl. The van der Waals surface area contributed by atoms with Crippen molar-refractivity contribution in [3.63, 3.8) is 0 Å². The predicted molar refractivity (Wildman–Crippen MR) is 86.0 cm³/mol. The number of hydrogen-bond donors (Lipinski definition) is 2. The molecule has 21 heavy (non-hydrogen) atoms. The van der Waals surface area contributed by atoms with E-state index in [9.17, 15) is 9.90 Å². The zero-order chi connectivity index (χ0) is 15.4. The monoisotopic (exact) mass is 330 g/mol. The van der Waals surface area contributed by atoms with Crippen molar-refractivity contribution >= 4 is 34.8 Å². The van der Waals surface area contributed by atoms with Gasteiger partial charge in [-0.1, -0.05) is 23.2 Å². The molecule has 1 aliphatic heterocycles.